The number of hydrogen-bond acceptors (Lipinski definition) is 2. The minimum Gasteiger partial charge on any atom is -0.321 e. The summed E-state index contributed by atoms with van der Waals surface area (Å²) in [5.74, 6) is -0.263. The fourth-order valence-electron chi connectivity index (χ4n) is 2.09. The highest BCUT2D eigenvalue weighted by Gasteiger charge is 2.30. The van der Waals surface area contributed by atoms with Gasteiger partial charge in [-0.3, -0.25) is 4.79 Å². The summed E-state index contributed by atoms with van der Waals surface area (Å²) in [4.78, 5) is 11.9. The molecule has 22 heavy (non-hydrogen) atoms. The summed E-state index contributed by atoms with van der Waals surface area (Å²) in [7, 11) is 0. The summed E-state index contributed by atoms with van der Waals surface area (Å²) in [6.07, 6.45) is -0.985. The highest BCUT2D eigenvalue weighted by atomic mass is 32.1. The maximum Gasteiger partial charge on any atom is 0.416 e. The van der Waals surface area contributed by atoms with Crippen LogP contribution in [-0.4, -0.2) is 5.91 Å². The maximum atomic E-state index is 12.5. The number of benzene rings is 1. The zero-order chi connectivity index (χ0) is 15.7. The fourth-order valence-corrected chi connectivity index (χ4v) is 2.71. The molecule has 0 saturated heterocycles. The van der Waals surface area contributed by atoms with Crippen molar-refractivity contribution in [1.29, 1.82) is 0 Å². The lowest BCUT2D eigenvalue weighted by Crippen LogP contribution is -2.16. The van der Waals surface area contributed by atoms with Crippen LogP contribution in [0.15, 0.2) is 52.7 Å². The van der Waals surface area contributed by atoms with Gasteiger partial charge in [0.05, 0.1) is 5.56 Å². The summed E-state index contributed by atoms with van der Waals surface area (Å²) in [5, 5.41) is 6.48. The average Bonchev–Trinajstić information content (AvgIpc) is 3.09. The molecule has 1 N–H and O–H groups in total. The van der Waals surface area contributed by atoms with Gasteiger partial charge in [-0.05, 0) is 52.2 Å². The molecule has 0 aliphatic carbocycles. The van der Waals surface area contributed by atoms with E-state index in [0.717, 1.165) is 17.7 Å². The number of halogens is 3. The number of thiophene rings is 1. The second-order valence-corrected chi connectivity index (χ2v) is 5.52. The third-order valence-corrected chi connectivity index (χ3v) is 3.90. The van der Waals surface area contributed by atoms with E-state index in [1.54, 1.807) is 12.2 Å². The monoisotopic (exact) mass is 321 g/mol. The van der Waals surface area contributed by atoms with Crippen molar-refractivity contribution in [2.75, 3.05) is 0 Å². The highest BCUT2D eigenvalue weighted by Crippen LogP contribution is 2.30. The van der Waals surface area contributed by atoms with E-state index in [2.05, 4.69) is 5.32 Å². The summed E-state index contributed by atoms with van der Waals surface area (Å²) in [6, 6.07) is 6.59. The third kappa shape index (κ3) is 2.96. The molecule has 0 radical (unpaired) electrons. The largest absolute Gasteiger partial charge is 0.416 e. The number of hydrogen-bond donors (Lipinski definition) is 1. The van der Waals surface area contributed by atoms with Gasteiger partial charge >= 0.3 is 6.18 Å². The Hall–Kier alpha value is -2.34. The number of amides is 1. The van der Waals surface area contributed by atoms with Gasteiger partial charge in [-0.15, -0.1) is 0 Å². The first-order chi connectivity index (χ1) is 10.4. The van der Waals surface area contributed by atoms with Crippen LogP contribution in [0.3, 0.4) is 0 Å². The molecule has 0 saturated carbocycles. The van der Waals surface area contributed by atoms with Crippen LogP contribution >= 0.6 is 11.3 Å². The number of carbonyl (C=O) groups excluding carboxylic acids is 1. The summed E-state index contributed by atoms with van der Waals surface area (Å²) in [6.45, 7) is 0. The molecule has 1 aromatic heterocycles. The predicted molar refractivity (Wildman–Crippen MR) is 79.9 cm³/mol. The zero-order valence-corrected chi connectivity index (χ0v) is 12.0. The molecule has 2 heterocycles. The molecule has 6 heteroatoms. The lowest BCUT2D eigenvalue weighted by atomic mass is 10.1. The van der Waals surface area contributed by atoms with Crippen molar-refractivity contribution in [1.82, 2.24) is 5.32 Å². The Bertz CT molecular complexity index is 756. The summed E-state index contributed by atoms with van der Waals surface area (Å²) in [5.41, 5.74) is 1.72. The average molecular weight is 321 g/mol. The van der Waals surface area contributed by atoms with Crippen molar-refractivity contribution in [2.24, 2.45) is 0 Å². The quantitative estimate of drug-likeness (QED) is 0.820. The van der Waals surface area contributed by atoms with E-state index >= 15 is 0 Å². The van der Waals surface area contributed by atoms with E-state index in [0.29, 0.717) is 16.8 Å². The predicted octanol–water partition coefficient (Wildman–Crippen LogP) is 4.32. The Balaban J connectivity index is 1.88. The van der Waals surface area contributed by atoms with E-state index in [-0.39, 0.29) is 5.91 Å². The lowest BCUT2D eigenvalue weighted by molar-refractivity contribution is -0.137. The summed E-state index contributed by atoms with van der Waals surface area (Å²) < 4.78 is 37.6. The first-order valence-corrected chi connectivity index (χ1v) is 7.32. The lowest BCUT2D eigenvalue weighted by Gasteiger charge is -2.08. The van der Waals surface area contributed by atoms with Gasteiger partial charge in [0.15, 0.2) is 0 Å². The second kappa shape index (κ2) is 5.46. The number of carbonyl (C=O) groups is 1. The standard InChI is InChI=1S/C16H10F3NOS/c17-16(18,19)13-3-1-11(2-4-13)14-8-12(15(21)20-14)7-10-5-6-22-9-10/h1-9H,(H,20,21). The van der Waals surface area contributed by atoms with Gasteiger partial charge in [-0.2, -0.15) is 24.5 Å². The first kappa shape index (κ1) is 14.6. The van der Waals surface area contributed by atoms with E-state index < -0.39 is 11.7 Å². The van der Waals surface area contributed by atoms with Gasteiger partial charge in [0.2, 0.25) is 0 Å². The van der Waals surface area contributed by atoms with Crippen LogP contribution in [0.5, 0.6) is 0 Å². The second-order valence-electron chi connectivity index (χ2n) is 4.74. The maximum absolute atomic E-state index is 12.5. The van der Waals surface area contributed by atoms with Crippen LogP contribution in [0.2, 0.25) is 0 Å². The van der Waals surface area contributed by atoms with E-state index in [1.165, 1.54) is 23.5 Å². The number of nitrogens with one attached hydrogen (secondary N) is 1. The minimum atomic E-state index is -4.37. The Kier molecular flexibility index (Phi) is 3.62. The smallest absolute Gasteiger partial charge is 0.321 e. The summed E-state index contributed by atoms with van der Waals surface area (Å²) >= 11 is 1.52. The molecule has 1 aliphatic heterocycles. The highest BCUT2D eigenvalue weighted by molar-refractivity contribution is 7.08. The van der Waals surface area contributed by atoms with E-state index in [1.807, 2.05) is 16.8 Å². The van der Waals surface area contributed by atoms with Crippen LogP contribution in [-0.2, 0) is 11.0 Å². The Morgan fingerprint density at radius 3 is 2.41 bits per heavy atom. The Labute approximate surface area is 128 Å². The molecule has 0 spiro atoms. The minimum absolute atomic E-state index is 0.263. The molecule has 0 fully saturated rings. The SMILES string of the molecule is O=C1NC(c2ccc(C(F)(F)F)cc2)=CC1=Cc1ccsc1. The van der Waals surface area contributed by atoms with Crippen molar-refractivity contribution in [3.8, 4) is 0 Å². The molecule has 0 bridgehead atoms. The van der Waals surface area contributed by atoms with Crippen LogP contribution in [0.25, 0.3) is 11.8 Å². The third-order valence-electron chi connectivity index (χ3n) is 3.20. The molecule has 0 unspecified atom stereocenters. The van der Waals surface area contributed by atoms with E-state index in [9.17, 15) is 18.0 Å². The zero-order valence-electron chi connectivity index (χ0n) is 11.1. The molecule has 3 rings (SSSR count). The number of alkyl halides is 3. The van der Waals surface area contributed by atoms with Crippen LogP contribution in [0.1, 0.15) is 16.7 Å². The Morgan fingerprint density at radius 1 is 1.09 bits per heavy atom. The molecular formula is C16H10F3NOS. The molecular weight excluding hydrogens is 311 g/mol. The van der Waals surface area contributed by atoms with Crippen LogP contribution in [0, 0.1) is 0 Å². The van der Waals surface area contributed by atoms with Crippen LogP contribution in [0.4, 0.5) is 13.2 Å². The molecule has 1 aliphatic rings. The van der Waals surface area contributed by atoms with Gasteiger partial charge in [-0.25, -0.2) is 0 Å². The Morgan fingerprint density at radius 2 is 1.82 bits per heavy atom. The van der Waals surface area contributed by atoms with Crippen molar-refractivity contribution in [2.45, 2.75) is 6.18 Å². The van der Waals surface area contributed by atoms with Crippen molar-refractivity contribution in [3.05, 3.63) is 69.4 Å². The molecule has 2 aromatic rings. The van der Waals surface area contributed by atoms with Crippen molar-refractivity contribution < 1.29 is 18.0 Å². The van der Waals surface area contributed by atoms with Gasteiger partial charge in [-0.1, -0.05) is 12.1 Å². The molecule has 0 atom stereocenters. The van der Waals surface area contributed by atoms with Crippen LogP contribution < -0.4 is 5.32 Å². The topological polar surface area (TPSA) is 29.1 Å². The van der Waals surface area contributed by atoms with Gasteiger partial charge in [0.1, 0.15) is 0 Å². The first-order valence-electron chi connectivity index (χ1n) is 6.38. The van der Waals surface area contributed by atoms with Gasteiger partial charge in [0, 0.05) is 11.3 Å². The molecule has 112 valence electrons. The fraction of sp³-hybridized carbons (Fsp3) is 0.0625. The van der Waals surface area contributed by atoms with Crippen molar-refractivity contribution >= 4 is 29.0 Å². The van der Waals surface area contributed by atoms with E-state index in [4.69, 9.17) is 0 Å². The normalized spacial score (nSPS) is 16.8. The molecule has 2 nitrogen and oxygen atoms in total. The number of rotatable bonds is 2. The molecule has 1 amide bonds. The molecule has 1 aromatic carbocycles. The van der Waals surface area contributed by atoms with Crippen molar-refractivity contribution in [3.63, 3.8) is 0 Å². The van der Waals surface area contributed by atoms with Gasteiger partial charge < -0.3 is 5.32 Å². The van der Waals surface area contributed by atoms with Gasteiger partial charge in [0.25, 0.3) is 5.91 Å².